The van der Waals surface area contributed by atoms with Crippen molar-refractivity contribution < 1.29 is 9.47 Å². The van der Waals surface area contributed by atoms with E-state index < -0.39 is 0 Å². The molecule has 1 aromatic heterocycles. The Morgan fingerprint density at radius 3 is 3.06 bits per heavy atom. The van der Waals surface area contributed by atoms with Crippen LogP contribution in [0.5, 0.6) is 5.88 Å². The summed E-state index contributed by atoms with van der Waals surface area (Å²) in [5.41, 5.74) is 7.49. The smallest absolute Gasteiger partial charge is 0.236 e. The SMILES string of the molecule is CCCOc1c(N)c(C)nn1C1CCCOC1. The molecule has 0 bridgehead atoms. The van der Waals surface area contributed by atoms with Crippen molar-refractivity contribution in [3.63, 3.8) is 0 Å². The van der Waals surface area contributed by atoms with E-state index in [0.717, 1.165) is 31.6 Å². The second kappa shape index (κ2) is 5.40. The number of aromatic nitrogens is 2. The minimum atomic E-state index is 0.256. The van der Waals surface area contributed by atoms with E-state index in [9.17, 15) is 0 Å². The number of hydrogen-bond acceptors (Lipinski definition) is 4. The first kappa shape index (κ1) is 12.2. The molecule has 0 aromatic carbocycles. The van der Waals surface area contributed by atoms with E-state index in [2.05, 4.69) is 12.0 Å². The largest absolute Gasteiger partial charge is 0.476 e. The lowest BCUT2D eigenvalue weighted by molar-refractivity contribution is 0.0510. The predicted octanol–water partition coefficient (Wildman–Crippen LogP) is 1.91. The molecule has 2 rings (SSSR count). The van der Waals surface area contributed by atoms with Crippen LogP contribution in [0.25, 0.3) is 0 Å². The molecule has 0 amide bonds. The monoisotopic (exact) mass is 239 g/mol. The third kappa shape index (κ3) is 2.54. The maximum atomic E-state index is 6.00. The van der Waals surface area contributed by atoms with Gasteiger partial charge in [0.1, 0.15) is 5.69 Å². The van der Waals surface area contributed by atoms with E-state index in [1.54, 1.807) is 0 Å². The van der Waals surface area contributed by atoms with Gasteiger partial charge in [-0.3, -0.25) is 0 Å². The fraction of sp³-hybridized carbons (Fsp3) is 0.750. The highest BCUT2D eigenvalue weighted by Crippen LogP contribution is 2.31. The molecular weight excluding hydrogens is 218 g/mol. The summed E-state index contributed by atoms with van der Waals surface area (Å²) in [6, 6.07) is 0.256. The van der Waals surface area contributed by atoms with Gasteiger partial charge in [0, 0.05) is 6.61 Å². The van der Waals surface area contributed by atoms with Gasteiger partial charge in [-0.1, -0.05) is 6.92 Å². The van der Waals surface area contributed by atoms with E-state index in [-0.39, 0.29) is 6.04 Å². The molecule has 5 heteroatoms. The number of rotatable bonds is 4. The van der Waals surface area contributed by atoms with Crippen molar-refractivity contribution in [2.75, 3.05) is 25.6 Å². The average Bonchev–Trinajstić information content (AvgIpc) is 2.65. The Balaban J connectivity index is 2.21. The molecule has 17 heavy (non-hydrogen) atoms. The van der Waals surface area contributed by atoms with Crippen molar-refractivity contribution in [1.82, 2.24) is 9.78 Å². The molecule has 1 fully saturated rings. The minimum absolute atomic E-state index is 0.256. The van der Waals surface area contributed by atoms with Crippen LogP contribution in [0.15, 0.2) is 0 Å². The zero-order chi connectivity index (χ0) is 12.3. The predicted molar refractivity (Wildman–Crippen MR) is 66.3 cm³/mol. The molecular formula is C12H21N3O2. The molecule has 1 aromatic rings. The lowest BCUT2D eigenvalue weighted by Crippen LogP contribution is -2.23. The van der Waals surface area contributed by atoms with Gasteiger partial charge in [0.15, 0.2) is 0 Å². The van der Waals surface area contributed by atoms with Crippen LogP contribution >= 0.6 is 0 Å². The maximum Gasteiger partial charge on any atom is 0.236 e. The van der Waals surface area contributed by atoms with Crippen LogP contribution in [0.3, 0.4) is 0 Å². The van der Waals surface area contributed by atoms with Gasteiger partial charge in [0.05, 0.1) is 24.9 Å². The van der Waals surface area contributed by atoms with Gasteiger partial charge in [0.25, 0.3) is 0 Å². The molecule has 1 saturated heterocycles. The molecule has 1 atom stereocenters. The summed E-state index contributed by atoms with van der Waals surface area (Å²) in [5, 5.41) is 4.47. The lowest BCUT2D eigenvalue weighted by atomic mass is 10.1. The Hall–Kier alpha value is -1.23. The van der Waals surface area contributed by atoms with Gasteiger partial charge >= 0.3 is 0 Å². The second-order valence-electron chi connectivity index (χ2n) is 4.47. The van der Waals surface area contributed by atoms with Crippen LogP contribution in [-0.4, -0.2) is 29.6 Å². The van der Waals surface area contributed by atoms with E-state index >= 15 is 0 Å². The molecule has 5 nitrogen and oxygen atoms in total. The fourth-order valence-electron chi connectivity index (χ4n) is 2.05. The van der Waals surface area contributed by atoms with Crippen LogP contribution in [0.2, 0.25) is 0 Å². The molecule has 2 N–H and O–H groups in total. The summed E-state index contributed by atoms with van der Waals surface area (Å²) in [4.78, 5) is 0. The van der Waals surface area contributed by atoms with E-state index in [0.29, 0.717) is 24.8 Å². The number of nitrogens with two attached hydrogens (primary N) is 1. The van der Waals surface area contributed by atoms with Crippen molar-refractivity contribution in [1.29, 1.82) is 0 Å². The molecule has 0 spiro atoms. The zero-order valence-corrected chi connectivity index (χ0v) is 10.6. The van der Waals surface area contributed by atoms with Gasteiger partial charge in [0.2, 0.25) is 5.88 Å². The quantitative estimate of drug-likeness (QED) is 0.871. The van der Waals surface area contributed by atoms with Gasteiger partial charge in [-0.05, 0) is 26.2 Å². The standard InChI is InChI=1S/C12H21N3O2/c1-3-6-17-12-11(13)9(2)14-15(12)10-5-4-7-16-8-10/h10H,3-8,13H2,1-2H3. The fourth-order valence-corrected chi connectivity index (χ4v) is 2.05. The van der Waals surface area contributed by atoms with Crippen molar-refractivity contribution in [3.8, 4) is 5.88 Å². The molecule has 96 valence electrons. The number of anilines is 1. The van der Waals surface area contributed by atoms with Crippen molar-refractivity contribution in [2.24, 2.45) is 0 Å². The van der Waals surface area contributed by atoms with Gasteiger partial charge in [-0.2, -0.15) is 5.10 Å². The average molecular weight is 239 g/mol. The second-order valence-corrected chi connectivity index (χ2v) is 4.47. The Labute approximate surface area is 102 Å². The van der Waals surface area contributed by atoms with Gasteiger partial charge in [-0.15, -0.1) is 0 Å². The number of aryl methyl sites for hydroxylation is 1. The third-order valence-corrected chi connectivity index (χ3v) is 3.01. The molecule has 1 unspecified atom stereocenters. The highest BCUT2D eigenvalue weighted by Gasteiger charge is 2.23. The van der Waals surface area contributed by atoms with E-state index in [1.165, 1.54) is 0 Å². The molecule has 1 aliphatic rings. The van der Waals surface area contributed by atoms with Gasteiger partial charge < -0.3 is 15.2 Å². The van der Waals surface area contributed by atoms with Crippen LogP contribution in [-0.2, 0) is 4.74 Å². The Kier molecular flexibility index (Phi) is 3.89. The molecule has 2 heterocycles. The summed E-state index contributed by atoms with van der Waals surface area (Å²) < 4.78 is 13.1. The van der Waals surface area contributed by atoms with Crippen LogP contribution in [0.1, 0.15) is 37.9 Å². The van der Waals surface area contributed by atoms with Gasteiger partial charge in [-0.25, -0.2) is 4.68 Å². The van der Waals surface area contributed by atoms with Crippen LogP contribution in [0.4, 0.5) is 5.69 Å². The Bertz CT molecular complexity index is 370. The van der Waals surface area contributed by atoms with Crippen LogP contribution in [0, 0.1) is 6.92 Å². The molecule has 1 aliphatic heterocycles. The van der Waals surface area contributed by atoms with E-state index in [1.807, 2.05) is 11.6 Å². The summed E-state index contributed by atoms with van der Waals surface area (Å²) >= 11 is 0. The highest BCUT2D eigenvalue weighted by molar-refractivity contribution is 5.52. The minimum Gasteiger partial charge on any atom is -0.476 e. The molecule has 0 aliphatic carbocycles. The highest BCUT2D eigenvalue weighted by atomic mass is 16.5. The van der Waals surface area contributed by atoms with E-state index in [4.69, 9.17) is 15.2 Å². The number of nitrogens with zero attached hydrogens (tertiary/aromatic N) is 2. The third-order valence-electron chi connectivity index (χ3n) is 3.01. The summed E-state index contributed by atoms with van der Waals surface area (Å²) in [7, 11) is 0. The maximum absolute atomic E-state index is 6.00. The first-order valence-electron chi connectivity index (χ1n) is 6.29. The molecule has 0 radical (unpaired) electrons. The lowest BCUT2D eigenvalue weighted by Gasteiger charge is -2.23. The summed E-state index contributed by atoms with van der Waals surface area (Å²) in [6.45, 7) is 6.20. The van der Waals surface area contributed by atoms with Crippen molar-refractivity contribution >= 4 is 5.69 Å². The number of hydrogen-bond donors (Lipinski definition) is 1. The topological polar surface area (TPSA) is 62.3 Å². The van der Waals surface area contributed by atoms with Crippen molar-refractivity contribution in [3.05, 3.63) is 5.69 Å². The van der Waals surface area contributed by atoms with Crippen LogP contribution < -0.4 is 10.5 Å². The summed E-state index contributed by atoms with van der Waals surface area (Å²) in [6.07, 6.45) is 3.10. The Morgan fingerprint density at radius 2 is 2.41 bits per heavy atom. The number of nitrogen functional groups attached to an aromatic ring is 1. The first-order chi connectivity index (χ1) is 8.24. The Morgan fingerprint density at radius 1 is 1.59 bits per heavy atom. The van der Waals surface area contributed by atoms with Crippen molar-refractivity contribution in [2.45, 2.75) is 39.2 Å². The number of ether oxygens (including phenoxy) is 2. The molecule has 0 saturated carbocycles. The normalized spacial score (nSPS) is 20.5. The zero-order valence-electron chi connectivity index (χ0n) is 10.6. The first-order valence-corrected chi connectivity index (χ1v) is 6.29. The summed E-state index contributed by atoms with van der Waals surface area (Å²) in [5.74, 6) is 0.708.